The fourth-order valence-electron chi connectivity index (χ4n) is 5.87. The Morgan fingerprint density at radius 1 is 1.42 bits per heavy atom. The Labute approximate surface area is 155 Å². The summed E-state index contributed by atoms with van der Waals surface area (Å²) in [5, 5.41) is 9.90. The molecule has 5 nitrogen and oxygen atoms in total. The van der Waals surface area contributed by atoms with Crippen molar-refractivity contribution in [1.29, 1.82) is 0 Å². The van der Waals surface area contributed by atoms with Gasteiger partial charge in [-0.25, -0.2) is 4.79 Å². The van der Waals surface area contributed by atoms with E-state index >= 15 is 0 Å². The smallest absolute Gasteiger partial charge is 0.333 e. The molecule has 144 valence electrons. The number of allylic oxidation sites excluding steroid dienone is 1. The topological polar surface area (TPSA) is 72.8 Å². The fourth-order valence-corrected chi connectivity index (χ4v) is 5.87. The van der Waals surface area contributed by atoms with Crippen molar-refractivity contribution in [3.8, 4) is 0 Å². The van der Waals surface area contributed by atoms with Gasteiger partial charge in [0.05, 0.1) is 5.41 Å². The number of carboxylic acid groups (broad SMARTS) is 1. The van der Waals surface area contributed by atoms with Crippen LogP contribution in [-0.4, -0.2) is 30.4 Å². The Morgan fingerprint density at radius 2 is 2.15 bits per heavy atom. The number of ether oxygens (including phenoxy) is 2. The summed E-state index contributed by atoms with van der Waals surface area (Å²) in [7, 11) is 1.54. The molecule has 1 heterocycles. The normalized spacial score (nSPS) is 40.0. The van der Waals surface area contributed by atoms with Crippen molar-refractivity contribution >= 4 is 11.9 Å². The van der Waals surface area contributed by atoms with Gasteiger partial charge in [-0.05, 0) is 62.7 Å². The molecule has 3 rings (SSSR count). The van der Waals surface area contributed by atoms with Gasteiger partial charge in [0.1, 0.15) is 0 Å². The van der Waals surface area contributed by atoms with Gasteiger partial charge in [0.25, 0.3) is 0 Å². The molecule has 2 fully saturated rings. The van der Waals surface area contributed by atoms with E-state index in [1.165, 1.54) is 18.8 Å². The Morgan fingerprint density at radius 3 is 2.81 bits per heavy atom. The zero-order valence-corrected chi connectivity index (χ0v) is 16.0. The summed E-state index contributed by atoms with van der Waals surface area (Å²) in [5.74, 6) is -0.606. The van der Waals surface area contributed by atoms with Crippen molar-refractivity contribution in [2.24, 2.45) is 22.7 Å². The van der Waals surface area contributed by atoms with Crippen LogP contribution in [0, 0.1) is 22.7 Å². The first-order valence-corrected chi connectivity index (χ1v) is 9.57. The Balaban J connectivity index is 1.82. The van der Waals surface area contributed by atoms with Crippen molar-refractivity contribution in [2.45, 2.75) is 65.1 Å². The largest absolute Gasteiger partial charge is 0.481 e. The third kappa shape index (κ3) is 3.00. The molecule has 0 bridgehead atoms. The minimum atomic E-state index is -0.670. The standard InChI is InChI=1S/C21H30O5/c1-13-6-9-16-20(2,10-5-11-21(16,3)19(23)24)15(13)8-7-14-12-17(22)26-18(14)25-4/h12,15-16,18H,1,5-11H2,2-4H3,(H,23,24)/t15-,16-,18+,20-,21-/m0/s1. The van der Waals surface area contributed by atoms with E-state index in [0.29, 0.717) is 6.42 Å². The van der Waals surface area contributed by atoms with E-state index in [1.807, 2.05) is 6.92 Å². The molecule has 0 aromatic rings. The first kappa shape index (κ1) is 19.2. The van der Waals surface area contributed by atoms with Gasteiger partial charge in [-0.1, -0.05) is 25.5 Å². The van der Waals surface area contributed by atoms with E-state index in [1.54, 1.807) is 0 Å². The van der Waals surface area contributed by atoms with Crippen molar-refractivity contribution in [3.63, 3.8) is 0 Å². The van der Waals surface area contributed by atoms with Crippen LogP contribution >= 0.6 is 0 Å². The molecule has 5 atom stereocenters. The highest BCUT2D eigenvalue weighted by atomic mass is 16.7. The van der Waals surface area contributed by atoms with Crippen LogP contribution in [0.2, 0.25) is 0 Å². The van der Waals surface area contributed by atoms with E-state index in [2.05, 4.69) is 13.5 Å². The number of hydrogen-bond acceptors (Lipinski definition) is 4. The van der Waals surface area contributed by atoms with Crippen molar-refractivity contribution < 1.29 is 24.2 Å². The Bertz CT molecular complexity index is 651. The number of carboxylic acids is 1. The number of fused-ring (bicyclic) bond motifs is 1. The number of cyclic esters (lactones) is 1. The summed E-state index contributed by atoms with van der Waals surface area (Å²) >= 11 is 0. The van der Waals surface area contributed by atoms with Crippen LogP contribution in [-0.2, 0) is 19.1 Å². The molecule has 0 amide bonds. The number of aliphatic carboxylic acids is 1. The van der Waals surface area contributed by atoms with Gasteiger partial charge in [0.2, 0.25) is 6.29 Å². The van der Waals surface area contributed by atoms with Crippen LogP contribution in [0.15, 0.2) is 23.8 Å². The monoisotopic (exact) mass is 362 g/mol. The Hall–Kier alpha value is -1.62. The lowest BCUT2D eigenvalue weighted by molar-refractivity contribution is -0.164. The fraction of sp³-hybridized carbons (Fsp3) is 0.714. The van der Waals surface area contributed by atoms with E-state index < -0.39 is 17.7 Å². The molecule has 0 aromatic heterocycles. The molecule has 0 spiro atoms. The molecular formula is C21H30O5. The average molecular weight is 362 g/mol. The lowest BCUT2D eigenvalue weighted by atomic mass is 9.46. The lowest BCUT2D eigenvalue weighted by Gasteiger charge is -2.57. The molecule has 1 aliphatic heterocycles. The predicted octanol–water partition coefficient (Wildman–Crippen LogP) is 4.09. The quantitative estimate of drug-likeness (QED) is 0.589. The maximum atomic E-state index is 12.0. The second kappa shape index (κ2) is 6.84. The van der Waals surface area contributed by atoms with Crippen LogP contribution in [0.3, 0.4) is 0 Å². The summed E-state index contributed by atoms with van der Waals surface area (Å²) in [4.78, 5) is 23.6. The summed E-state index contributed by atoms with van der Waals surface area (Å²) in [6.07, 6.45) is 7.01. The van der Waals surface area contributed by atoms with Crippen LogP contribution in [0.25, 0.3) is 0 Å². The van der Waals surface area contributed by atoms with Gasteiger partial charge in [-0.3, -0.25) is 4.79 Å². The predicted molar refractivity (Wildman–Crippen MR) is 97.3 cm³/mol. The van der Waals surface area contributed by atoms with Crippen molar-refractivity contribution in [1.82, 2.24) is 0 Å². The maximum Gasteiger partial charge on any atom is 0.333 e. The molecule has 26 heavy (non-hydrogen) atoms. The highest BCUT2D eigenvalue weighted by molar-refractivity contribution is 5.85. The first-order chi connectivity index (χ1) is 12.2. The van der Waals surface area contributed by atoms with E-state index in [9.17, 15) is 14.7 Å². The van der Waals surface area contributed by atoms with Crippen LogP contribution in [0.4, 0.5) is 0 Å². The van der Waals surface area contributed by atoms with Crippen LogP contribution in [0.5, 0.6) is 0 Å². The first-order valence-electron chi connectivity index (χ1n) is 9.57. The highest BCUT2D eigenvalue weighted by Crippen LogP contribution is 2.62. The average Bonchev–Trinajstić information content (AvgIpc) is 2.93. The highest BCUT2D eigenvalue weighted by Gasteiger charge is 2.57. The third-order valence-corrected chi connectivity index (χ3v) is 7.27. The number of rotatable bonds is 5. The summed E-state index contributed by atoms with van der Waals surface area (Å²) in [6, 6.07) is 0. The molecule has 0 saturated heterocycles. The number of carbonyl (C=O) groups is 2. The molecule has 0 radical (unpaired) electrons. The molecule has 0 aromatic carbocycles. The summed E-state index contributed by atoms with van der Waals surface area (Å²) in [6.45, 7) is 8.51. The molecule has 0 unspecified atom stereocenters. The van der Waals surface area contributed by atoms with Gasteiger partial charge in [-0.15, -0.1) is 0 Å². The zero-order chi connectivity index (χ0) is 19.1. The van der Waals surface area contributed by atoms with Crippen LogP contribution < -0.4 is 0 Å². The number of hydrogen-bond donors (Lipinski definition) is 1. The zero-order valence-electron chi connectivity index (χ0n) is 16.0. The van der Waals surface area contributed by atoms with Gasteiger partial charge in [0.15, 0.2) is 0 Å². The number of carbonyl (C=O) groups excluding carboxylic acids is 1. The third-order valence-electron chi connectivity index (χ3n) is 7.27. The van der Waals surface area contributed by atoms with Gasteiger partial charge in [0, 0.05) is 18.8 Å². The number of esters is 1. The minimum Gasteiger partial charge on any atom is -0.481 e. The van der Waals surface area contributed by atoms with E-state index in [0.717, 1.165) is 44.1 Å². The maximum absolute atomic E-state index is 12.0. The van der Waals surface area contributed by atoms with E-state index in [-0.39, 0.29) is 23.2 Å². The Kier molecular flexibility index (Phi) is 5.04. The minimum absolute atomic E-state index is 0.0622. The van der Waals surface area contributed by atoms with Gasteiger partial charge < -0.3 is 14.6 Å². The van der Waals surface area contributed by atoms with Crippen molar-refractivity contribution in [2.75, 3.05) is 7.11 Å². The number of methoxy groups -OCH3 is 1. The van der Waals surface area contributed by atoms with Crippen LogP contribution in [0.1, 0.15) is 58.8 Å². The second-order valence-electron chi connectivity index (χ2n) is 8.65. The molecule has 3 aliphatic rings. The summed E-state index contributed by atoms with van der Waals surface area (Å²) in [5.41, 5.74) is 1.37. The second-order valence-corrected chi connectivity index (χ2v) is 8.65. The molecule has 2 aliphatic carbocycles. The lowest BCUT2D eigenvalue weighted by Crippen LogP contribution is -2.53. The summed E-state index contributed by atoms with van der Waals surface area (Å²) < 4.78 is 10.4. The van der Waals surface area contributed by atoms with Gasteiger partial charge >= 0.3 is 11.9 Å². The molecule has 5 heteroatoms. The molecule has 1 N–H and O–H groups in total. The van der Waals surface area contributed by atoms with Gasteiger partial charge in [-0.2, -0.15) is 0 Å². The van der Waals surface area contributed by atoms with Crippen molar-refractivity contribution in [3.05, 3.63) is 23.8 Å². The molecular weight excluding hydrogens is 332 g/mol. The van der Waals surface area contributed by atoms with E-state index in [4.69, 9.17) is 9.47 Å². The molecule has 2 saturated carbocycles. The SMILES string of the molecule is C=C1CC[C@H]2[C@@](C)(CCC[C@]2(C)C(=O)O)[C@H]1CCC1=CC(=O)O[C@H]1OC.